The van der Waals surface area contributed by atoms with Crippen LogP contribution in [0.15, 0.2) is 48.4 Å². The molecule has 0 radical (unpaired) electrons. The zero-order chi connectivity index (χ0) is 23.6. The minimum absolute atomic E-state index is 0.0573. The molecule has 0 aliphatic carbocycles. The summed E-state index contributed by atoms with van der Waals surface area (Å²) in [5.74, 6) is 2.53. The van der Waals surface area contributed by atoms with Crippen LogP contribution in [0.1, 0.15) is 16.5 Å². The Bertz CT molecular complexity index is 956. The van der Waals surface area contributed by atoms with Crippen molar-refractivity contribution in [3.05, 3.63) is 64.6 Å². The Labute approximate surface area is 198 Å². The van der Waals surface area contributed by atoms with Gasteiger partial charge in [0.05, 0.1) is 25.3 Å². The fraction of sp³-hybridized carbons (Fsp3) is 0.400. The van der Waals surface area contributed by atoms with E-state index >= 15 is 0 Å². The number of terminal acetylenes is 1. The molecule has 0 saturated carbocycles. The number of hydrogen-bond donors (Lipinski definition) is 1. The Morgan fingerprint density at radius 2 is 2.21 bits per heavy atom. The van der Waals surface area contributed by atoms with Crippen molar-refractivity contribution in [1.82, 2.24) is 9.80 Å². The fourth-order valence-electron chi connectivity index (χ4n) is 3.85. The third kappa shape index (κ3) is 7.14. The van der Waals surface area contributed by atoms with Crippen molar-refractivity contribution < 1.29 is 23.8 Å². The number of carbonyl (C=O) groups excluding carboxylic acids is 1. The predicted octanol–water partition coefficient (Wildman–Crippen LogP) is 2.89. The van der Waals surface area contributed by atoms with Crippen molar-refractivity contribution >= 4 is 17.2 Å². The summed E-state index contributed by atoms with van der Waals surface area (Å²) >= 11 is 1.68. The highest BCUT2D eigenvalue weighted by atomic mass is 32.1. The largest absolute Gasteiger partial charge is 0.491 e. The second-order valence-corrected chi connectivity index (χ2v) is 8.77. The molecule has 1 N–H and O–H groups in total. The molecular formula is C25H29FN2O4S. The lowest BCUT2D eigenvalue weighted by Gasteiger charge is -2.37. The molecule has 0 bridgehead atoms. The standard InChI is InChI=1S/C25H29FN2O4S/c1-3-11-27(15-20(29)17-31-13-4-2)16-25(30)28-12-9-24-22(10-14-33-24)23(28)18-32-21-7-5-19(26)6-8-21/h2-3,5-8,10,14,20,23,29H,1,9,11-13,15-18H2. The Morgan fingerprint density at radius 1 is 1.42 bits per heavy atom. The van der Waals surface area contributed by atoms with Gasteiger partial charge in [0.2, 0.25) is 5.91 Å². The van der Waals surface area contributed by atoms with Gasteiger partial charge in [0.1, 0.15) is 24.8 Å². The summed E-state index contributed by atoms with van der Waals surface area (Å²) in [6, 6.07) is 7.64. The third-order valence-electron chi connectivity index (χ3n) is 5.35. The van der Waals surface area contributed by atoms with Gasteiger partial charge in [-0.15, -0.1) is 24.3 Å². The van der Waals surface area contributed by atoms with Gasteiger partial charge in [-0.2, -0.15) is 0 Å². The number of aliphatic hydroxyl groups excluding tert-OH is 1. The van der Waals surface area contributed by atoms with Crippen LogP contribution in [0.5, 0.6) is 5.75 Å². The van der Waals surface area contributed by atoms with Crippen LogP contribution in [-0.2, 0) is 16.0 Å². The van der Waals surface area contributed by atoms with E-state index in [0.717, 1.165) is 12.0 Å². The topological polar surface area (TPSA) is 62.2 Å². The van der Waals surface area contributed by atoms with E-state index in [9.17, 15) is 14.3 Å². The highest BCUT2D eigenvalue weighted by Crippen LogP contribution is 2.34. The molecule has 2 atom stereocenters. The van der Waals surface area contributed by atoms with Crippen LogP contribution in [0.2, 0.25) is 0 Å². The van der Waals surface area contributed by atoms with Gasteiger partial charge in [-0.3, -0.25) is 9.69 Å². The van der Waals surface area contributed by atoms with Gasteiger partial charge in [-0.25, -0.2) is 4.39 Å². The second-order valence-electron chi connectivity index (χ2n) is 7.77. The number of ether oxygens (including phenoxy) is 2. The molecule has 2 unspecified atom stereocenters. The van der Waals surface area contributed by atoms with Crippen LogP contribution in [0.4, 0.5) is 4.39 Å². The number of hydrogen-bond acceptors (Lipinski definition) is 6. The number of thiophene rings is 1. The maximum atomic E-state index is 13.3. The average molecular weight is 473 g/mol. The van der Waals surface area contributed by atoms with E-state index in [1.54, 1.807) is 29.5 Å². The van der Waals surface area contributed by atoms with Crippen molar-refractivity contribution in [1.29, 1.82) is 0 Å². The van der Waals surface area contributed by atoms with E-state index in [4.69, 9.17) is 15.9 Å². The first-order chi connectivity index (χ1) is 16.0. The lowest BCUT2D eigenvalue weighted by Crippen LogP contribution is -2.48. The number of benzene rings is 1. The number of carbonyl (C=O) groups is 1. The van der Waals surface area contributed by atoms with Crippen molar-refractivity contribution in [3.63, 3.8) is 0 Å². The van der Waals surface area contributed by atoms with Gasteiger partial charge in [0.15, 0.2) is 0 Å². The molecule has 6 nitrogen and oxygen atoms in total. The summed E-state index contributed by atoms with van der Waals surface area (Å²) in [4.78, 5) is 18.2. The first kappa shape index (κ1) is 24.9. The molecule has 176 valence electrons. The number of halogens is 1. The van der Waals surface area contributed by atoms with Crippen LogP contribution in [0.25, 0.3) is 0 Å². The van der Waals surface area contributed by atoms with Gasteiger partial charge in [0, 0.05) is 24.5 Å². The van der Waals surface area contributed by atoms with E-state index < -0.39 is 6.10 Å². The molecule has 1 aromatic heterocycles. The maximum Gasteiger partial charge on any atom is 0.237 e. The molecule has 1 amide bonds. The molecule has 1 aliphatic rings. The normalized spacial score (nSPS) is 16.2. The van der Waals surface area contributed by atoms with Crippen molar-refractivity contribution in [2.45, 2.75) is 18.6 Å². The maximum absolute atomic E-state index is 13.3. The number of aliphatic hydroxyl groups is 1. The smallest absolute Gasteiger partial charge is 0.237 e. The van der Waals surface area contributed by atoms with Gasteiger partial charge >= 0.3 is 0 Å². The van der Waals surface area contributed by atoms with Gasteiger partial charge in [-0.05, 0) is 47.7 Å². The summed E-state index contributed by atoms with van der Waals surface area (Å²) in [7, 11) is 0. The van der Waals surface area contributed by atoms with Gasteiger partial charge in [0.25, 0.3) is 0 Å². The van der Waals surface area contributed by atoms with Crippen molar-refractivity contribution in [2.24, 2.45) is 0 Å². The van der Waals surface area contributed by atoms with Gasteiger partial charge < -0.3 is 19.5 Å². The molecule has 2 aromatic rings. The zero-order valence-electron chi connectivity index (χ0n) is 18.5. The van der Waals surface area contributed by atoms with Crippen LogP contribution in [0, 0.1) is 18.2 Å². The van der Waals surface area contributed by atoms with Crippen LogP contribution in [-0.4, -0.2) is 72.9 Å². The fourth-order valence-corrected chi connectivity index (χ4v) is 4.78. The first-order valence-electron chi connectivity index (χ1n) is 10.8. The summed E-state index contributed by atoms with van der Waals surface area (Å²) in [6.45, 7) is 5.68. The first-order valence-corrected chi connectivity index (χ1v) is 11.7. The Kier molecular flexibility index (Phi) is 9.46. The number of fused-ring (bicyclic) bond motifs is 1. The SMILES string of the molecule is C#CCOCC(O)CN(CC=C)CC(=O)N1CCc2sccc2C1COc1ccc(F)cc1. The molecule has 0 fully saturated rings. The van der Waals surface area contributed by atoms with Crippen molar-refractivity contribution in [3.8, 4) is 18.1 Å². The zero-order valence-corrected chi connectivity index (χ0v) is 19.3. The summed E-state index contributed by atoms with van der Waals surface area (Å²) < 4.78 is 24.3. The van der Waals surface area contributed by atoms with E-state index in [1.807, 2.05) is 21.2 Å². The molecule has 8 heteroatoms. The minimum atomic E-state index is -0.770. The highest BCUT2D eigenvalue weighted by Gasteiger charge is 2.33. The third-order valence-corrected chi connectivity index (χ3v) is 6.34. The summed E-state index contributed by atoms with van der Waals surface area (Å²) in [6.07, 6.45) is 6.88. The quantitative estimate of drug-likeness (QED) is 0.292. The predicted molar refractivity (Wildman–Crippen MR) is 127 cm³/mol. The highest BCUT2D eigenvalue weighted by molar-refractivity contribution is 7.10. The average Bonchev–Trinajstić information content (AvgIpc) is 3.28. The summed E-state index contributed by atoms with van der Waals surface area (Å²) in [5.41, 5.74) is 1.08. The van der Waals surface area contributed by atoms with Crippen molar-refractivity contribution in [2.75, 3.05) is 46.0 Å². The lowest BCUT2D eigenvalue weighted by molar-refractivity contribution is -0.136. The molecule has 2 heterocycles. The molecule has 1 aliphatic heterocycles. The van der Waals surface area contributed by atoms with Crippen LogP contribution < -0.4 is 4.74 Å². The number of rotatable bonds is 12. The van der Waals surface area contributed by atoms with E-state index in [2.05, 4.69) is 12.5 Å². The minimum Gasteiger partial charge on any atom is -0.491 e. The van der Waals surface area contributed by atoms with E-state index in [1.165, 1.54) is 17.0 Å². The Balaban J connectivity index is 1.67. The molecule has 1 aromatic carbocycles. The van der Waals surface area contributed by atoms with E-state index in [0.29, 0.717) is 18.8 Å². The Morgan fingerprint density at radius 3 is 2.94 bits per heavy atom. The monoisotopic (exact) mass is 472 g/mol. The van der Waals surface area contributed by atoms with Crippen LogP contribution in [0.3, 0.4) is 0 Å². The number of amides is 1. The molecule has 3 rings (SSSR count). The lowest BCUT2D eigenvalue weighted by atomic mass is 10.0. The Hall–Kier alpha value is -2.70. The van der Waals surface area contributed by atoms with Crippen LogP contribution >= 0.6 is 11.3 Å². The molecule has 33 heavy (non-hydrogen) atoms. The second kappa shape index (κ2) is 12.5. The van der Waals surface area contributed by atoms with E-state index in [-0.39, 0.29) is 50.7 Å². The van der Waals surface area contributed by atoms with Gasteiger partial charge in [-0.1, -0.05) is 12.0 Å². The summed E-state index contributed by atoms with van der Waals surface area (Å²) in [5, 5.41) is 12.3. The molecule has 0 saturated heterocycles. The molecule has 0 spiro atoms. The number of nitrogens with zero attached hydrogens (tertiary/aromatic N) is 2. The molecular weight excluding hydrogens is 443 g/mol.